The number of carboxylic acids is 1. The Morgan fingerprint density at radius 2 is 2.05 bits per heavy atom. The molecule has 0 bridgehead atoms. The number of anilines is 2. The van der Waals surface area contributed by atoms with Gasteiger partial charge in [0.2, 0.25) is 0 Å². The van der Waals surface area contributed by atoms with Crippen LogP contribution in [0.1, 0.15) is 15.9 Å². The smallest absolute Gasteiger partial charge is 0.337 e. The van der Waals surface area contributed by atoms with Crippen LogP contribution >= 0.6 is 0 Å². The minimum atomic E-state index is -1.01. The number of benzene rings is 1. The molecule has 0 spiro atoms. The highest BCUT2D eigenvalue weighted by Gasteiger charge is 2.10. The number of pyridine rings is 1. The first-order valence-corrected chi connectivity index (χ1v) is 5.55. The SMILES string of the molecule is CN(c1ccc(C(=O)O)cn1)c1ccccc1C#N. The summed E-state index contributed by atoms with van der Waals surface area (Å²) < 4.78 is 0. The second-order valence-electron chi connectivity index (χ2n) is 3.90. The summed E-state index contributed by atoms with van der Waals surface area (Å²) in [4.78, 5) is 16.6. The second kappa shape index (κ2) is 5.19. The predicted octanol–water partition coefficient (Wildman–Crippen LogP) is 2.42. The van der Waals surface area contributed by atoms with Gasteiger partial charge in [-0.2, -0.15) is 5.26 Å². The lowest BCUT2D eigenvalue weighted by molar-refractivity contribution is 0.0696. The van der Waals surface area contributed by atoms with E-state index in [1.807, 2.05) is 12.1 Å². The first kappa shape index (κ1) is 12.6. The van der Waals surface area contributed by atoms with Crippen LogP contribution in [0.15, 0.2) is 42.6 Å². The van der Waals surface area contributed by atoms with E-state index in [1.165, 1.54) is 12.3 Å². The fraction of sp³-hybridized carbons (Fsp3) is 0.0714. The van der Waals surface area contributed by atoms with Crippen LogP contribution in [0.5, 0.6) is 0 Å². The maximum atomic E-state index is 10.8. The Balaban J connectivity index is 2.36. The predicted molar refractivity (Wildman–Crippen MR) is 70.4 cm³/mol. The molecule has 1 aromatic carbocycles. The van der Waals surface area contributed by atoms with Gasteiger partial charge in [-0.1, -0.05) is 12.1 Å². The average molecular weight is 253 g/mol. The fourth-order valence-electron chi connectivity index (χ4n) is 1.70. The summed E-state index contributed by atoms with van der Waals surface area (Å²) in [6, 6.07) is 12.4. The molecule has 2 aromatic rings. The molecule has 0 atom stereocenters. The van der Waals surface area contributed by atoms with E-state index >= 15 is 0 Å². The first-order valence-electron chi connectivity index (χ1n) is 5.55. The molecule has 0 amide bonds. The van der Waals surface area contributed by atoms with Gasteiger partial charge in [-0.25, -0.2) is 9.78 Å². The van der Waals surface area contributed by atoms with Gasteiger partial charge in [0.1, 0.15) is 11.9 Å². The van der Waals surface area contributed by atoms with Crippen molar-refractivity contribution in [3.8, 4) is 6.07 Å². The van der Waals surface area contributed by atoms with Gasteiger partial charge >= 0.3 is 5.97 Å². The fourth-order valence-corrected chi connectivity index (χ4v) is 1.70. The van der Waals surface area contributed by atoms with Gasteiger partial charge in [-0.3, -0.25) is 0 Å². The molecule has 0 saturated carbocycles. The summed E-state index contributed by atoms with van der Waals surface area (Å²) in [5.41, 5.74) is 1.39. The van der Waals surface area contributed by atoms with Crippen molar-refractivity contribution in [2.75, 3.05) is 11.9 Å². The molecule has 94 valence electrons. The molecule has 5 nitrogen and oxygen atoms in total. The Morgan fingerprint density at radius 3 is 2.63 bits per heavy atom. The molecular formula is C14H11N3O2. The number of hydrogen-bond acceptors (Lipinski definition) is 4. The van der Waals surface area contributed by atoms with Crippen LogP contribution in [0.25, 0.3) is 0 Å². The van der Waals surface area contributed by atoms with Gasteiger partial charge in [0, 0.05) is 13.2 Å². The van der Waals surface area contributed by atoms with Crippen LogP contribution in [0.2, 0.25) is 0 Å². The summed E-state index contributed by atoms with van der Waals surface area (Å²) in [7, 11) is 1.78. The van der Waals surface area contributed by atoms with Crippen LogP contribution in [0.3, 0.4) is 0 Å². The zero-order chi connectivity index (χ0) is 13.8. The van der Waals surface area contributed by atoms with E-state index in [4.69, 9.17) is 10.4 Å². The normalized spacial score (nSPS) is 9.68. The van der Waals surface area contributed by atoms with Crippen molar-refractivity contribution in [3.63, 3.8) is 0 Å². The summed E-state index contributed by atoms with van der Waals surface area (Å²) in [6.07, 6.45) is 1.29. The number of carbonyl (C=O) groups is 1. The first-order chi connectivity index (χ1) is 9.13. The Hall–Kier alpha value is -2.87. The van der Waals surface area contributed by atoms with E-state index in [-0.39, 0.29) is 5.56 Å². The van der Waals surface area contributed by atoms with E-state index < -0.39 is 5.97 Å². The Bertz CT molecular complexity index is 644. The number of nitriles is 1. The van der Waals surface area contributed by atoms with Crippen LogP contribution in [0, 0.1) is 11.3 Å². The summed E-state index contributed by atoms with van der Waals surface area (Å²) >= 11 is 0. The minimum Gasteiger partial charge on any atom is -0.478 e. The van der Waals surface area contributed by atoms with Gasteiger partial charge in [0.25, 0.3) is 0 Å². The average Bonchev–Trinajstić information content (AvgIpc) is 2.46. The summed E-state index contributed by atoms with van der Waals surface area (Å²) in [5, 5.41) is 17.9. The standard InChI is InChI=1S/C14H11N3O2/c1-17(12-5-3-2-4-10(12)8-15)13-7-6-11(9-16-13)14(18)19/h2-7,9H,1H3,(H,18,19). The van der Waals surface area contributed by atoms with Crippen LogP contribution in [-0.4, -0.2) is 23.1 Å². The molecule has 5 heteroatoms. The van der Waals surface area contributed by atoms with Crippen molar-refractivity contribution < 1.29 is 9.90 Å². The van der Waals surface area contributed by atoms with Gasteiger partial charge in [-0.15, -0.1) is 0 Å². The zero-order valence-electron chi connectivity index (χ0n) is 10.2. The topological polar surface area (TPSA) is 77.2 Å². The molecule has 0 saturated heterocycles. The largest absolute Gasteiger partial charge is 0.478 e. The summed E-state index contributed by atoms with van der Waals surface area (Å²) in [5.74, 6) is -0.438. The number of aromatic nitrogens is 1. The molecule has 1 N–H and O–H groups in total. The molecule has 19 heavy (non-hydrogen) atoms. The molecule has 0 aliphatic rings. The van der Waals surface area contributed by atoms with E-state index in [0.717, 1.165) is 5.69 Å². The Morgan fingerprint density at radius 1 is 1.32 bits per heavy atom. The van der Waals surface area contributed by atoms with Crippen molar-refractivity contribution >= 4 is 17.5 Å². The minimum absolute atomic E-state index is 0.130. The molecule has 1 aromatic heterocycles. The lowest BCUT2D eigenvalue weighted by Gasteiger charge is -2.19. The number of para-hydroxylation sites is 1. The molecule has 0 unspecified atom stereocenters. The van der Waals surface area contributed by atoms with Gasteiger partial charge in [0.05, 0.1) is 16.8 Å². The molecule has 2 rings (SSSR count). The number of nitrogens with zero attached hydrogens (tertiary/aromatic N) is 3. The highest BCUT2D eigenvalue weighted by molar-refractivity contribution is 5.87. The number of carboxylic acid groups (broad SMARTS) is 1. The lowest BCUT2D eigenvalue weighted by Crippen LogP contribution is -2.13. The molecule has 0 aliphatic heterocycles. The van der Waals surface area contributed by atoms with Crippen molar-refractivity contribution in [3.05, 3.63) is 53.7 Å². The van der Waals surface area contributed by atoms with Gasteiger partial charge in [0.15, 0.2) is 0 Å². The van der Waals surface area contributed by atoms with Crippen LogP contribution in [-0.2, 0) is 0 Å². The summed E-state index contributed by atoms with van der Waals surface area (Å²) in [6.45, 7) is 0. The van der Waals surface area contributed by atoms with Crippen LogP contribution in [0.4, 0.5) is 11.5 Å². The molecule has 0 aliphatic carbocycles. The maximum absolute atomic E-state index is 10.8. The number of hydrogen-bond donors (Lipinski definition) is 1. The maximum Gasteiger partial charge on any atom is 0.337 e. The Kier molecular flexibility index (Phi) is 3.44. The molecule has 0 radical (unpaired) electrons. The van der Waals surface area contributed by atoms with Crippen molar-refractivity contribution in [2.24, 2.45) is 0 Å². The van der Waals surface area contributed by atoms with E-state index in [0.29, 0.717) is 11.4 Å². The monoisotopic (exact) mass is 253 g/mol. The third-order valence-electron chi connectivity index (χ3n) is 2.72. The number of rotatable bonds is 3. The quantitative estimate of drug-likeness (QED) is 0.908. The van der Waals surface area contributed by atoms with E-state index in [2.05, 4.69) is 11.1 Å². The van der Waals surface area contributed by atoms with Crippen LogP contribution < -0.4 is 4.90 Å². The molecule has 1 heterocycles. The third kappa shape index (κ3) is 2.53. The molecule has 0 fully saturated rings. The lowest BCUT2D eigenvalue weighted by atomic mass is 10.2. The third-order valence-corrected chi connectivity index (χ3v) is 2.72. The second-order valence-corrected chi connectivity index (χ2v) is 3.90. The van der Waals surface area contributed by atoms with Crippen molar-refractivity contribution in [2.45, 2.75) is 0 Å². The zero-order valence-corrected chi connectivity index (χ0v) is 10.2. The Labute approximate surface area is 110 Å². The van der Waals surface area contributed by atoms with Crippen molar-refractivity contribution in [1.29, 1.82) is 5.26 Å². The van der Waals surface area contributed by atoms with Gasteiger partial charge < -0.3 is 10.0 Å². The van der Waals surface area contributed by atoms with E-state index in [9.17, 15) is 4.79 Å². The number of aromatic carboxylic acids is 1. The molecular weight excluding hydrogens is 242 g/mol. The van der Waals surface area contributed by atoms with E-state index in [1.54, 1.807) is 30.1 Å². The van der Waals surface area contributed by atoms with Gasteiger partial charge in [-0.05, 0) is 24.3 Å². The highest BCUT2D eigenvalue weighted by atomic mass is 16.4. The highest BCUT2D eigenvalue weighted by Crippen LogP contribution is 2.24. The van der Waals surface area contributed by atoms with Crippen molar-refractivity contribution in [1.82, 2.24) is 4.98 Å².